The number of amides is 1. The number of nitrogens with two attached hydrogens (primary N) is 1. The van der Waals surface area contributed by atoms with Gasteiger partial charge >= 0.3 is 0 Å². The number of hydrogen-bond donors (Lipinski definition) is 2. The van der Waals surface area contributed by atoms with Gasteiger partial charge in [-0.05, 0) is 48.9 Å². The predicted octanol–water partition coefficient (Wildman–Crippen LogP) is 5.04. The molecule has 2 aromatic carbocycles. The van der Waals surface area contributed by atoms with Gasteiger partial charge in [-0.1, -0.05) is 29.5 Å². The highest BCUT2D eigenvalue weighted by atomic mass is 32.1. The van der Waals surface area contributed by atoms with E-state index >= 15 is 0 Å². The van der Waals surface area contributed by atoms with Crippen molar-refractivity contribution >= 4 is 43.9 Å². The molecule has 2 heterocycles. The summed E-state index contributed by atoms with van der Waals surface area (Å²) in [4.78, 5) is 20.3. The molecule has 0 spiro atoms. The van der Waals surface area contributed by atoms with Crippen LogP contribution < -0.4 is 15.8 Å². The number of hydrogen-bond acceptors (Lipinski definition) is 6. The average Bonchev–Trinajstić information content (AvgIpc) is 3.16. The Morgan fingerprint density at radius 3 is 2.81 bits per heavy atom. The third-order valence-corrected chi connectivity index (χ3v) is 5.47. The first-order chi connectivity index (χ1) is 15.0. The Kier molecular flexibility index (Phi) is 5.90. The molecule has 2 aromatic heterocycles. The lowest BCUT2D eigenvalue weighted by Gasteiger charge is -2.09. The van der Waals surface area contributed by atoms with Crippen LogP contribution in [0.25, 0.3) is 15.8 Å². The average molecular weight is 434 g/mol. The van der Waals surface area contributed by atoms with Crippen LogP contribution in [-0.4, -0.2) is 15.9 Å². The van der Waals surface area contributed by atoms with E-state index < -0.39 is 11.7 Å². The molecule has 31 heavy (non-hydrogen) atoms. The molecular weight excluding hydrogens is 415 g/mol. The summed E-state index contributed by atoms with van der Waals surface area (Å²) >= 11 is 1.40. The number of aromatic nitrogens is 2. The van der Waals surface area contributed by atoms with Gasteiger partial charge in [0.05, 0.1) is 15.9 Å². The van der Waals surface area contributed by atoms with Crippen molar-refractivity contribution in [1.82, 2.24) is 9.97 Å². The van der Waals surface area contributed by atoms with Crippen molar-refractivity contribution in [3.63, 3.8) is 0 Å². The van der Waals surface area contributed by atoms with Crippen LogP contribution >= 0.6 is 11.3 Å². The van der Waals surface area contributed by atoms with E-state index in [1.165, 1.54) is 17.4 Å². The third kappa shape index (κ3) is 4.70. The summed E-state index contributed by atoms with van der Waals surface area (Å²) in [7, 11) is 0. The molecule has 3 N–H and O–H groups in total. The number of halogens is 1. The monoisotopic (exact) mass is 434 g/mol. The molecule has 0 aliphatic heterocycles. The van der Waals surface area contributed by atoms with Gasteiger partial charge in [-0.15, -0.1) is 0 Å². The molecule has 0 radical (unpaired) electrons. The van der Waals surface area contributed by atoms with E-state index in [9.17, 15) is 9.18 Å². The normalized spacial score (nSPS) is 11.5. The molecule has 0 bridgehead atoms. The third-order valence-electron chi connectivity index (χ3n) is 4.54. The SMILES string of the molecule is CC=C(C(N)=O)c1ccc2nc(Nc3ccc(OCc4ccccn4)c(F)c3)sc2c1. The maximum atomic E-state index is 14.5. The van der Waals surface area contributed by atoms with Crippen molar-refractivity contribution in [3.8, 4) is 5.75 Å². The molecule has 156 valence electrons. The summed E-state index contributed by atoms with van der Waals surface area (Å²) < 4.78 is 20.9. The van der Waals surface area contributed by atoms with Crippen LogP contribution in [0.2, 0.25) is 0 Å². The molecule has 4 aromatic rings. The number of pyridine rings is 1. The first-order valence-electron chi connectivity index (χ1n) is 9.50. The molecular formula is C23H19FN4O2S. The maximum Gasteiger partial charge on any atom is 0.248 e. The van der Waals surface area contributed by atoms with E-state index in [0.717, 1.165) is 21.5 Å². The van der Waals surface area contributed by atoms with Gasteiger partial charge in [0.1, 0.15) is 6.61 Å². The second-order valence-electron chi connectivity index (χ2n) is 6.65. The lowest BCUT2D eigenvalue weighted by Crippen LogP contribution is -2.12. The van der Waals surface area contributed by atoms with E-state index in [0.29, 0.717) is 16.4 Å². The standard InChI is InChI=1S/C23H19FN4O2S/c1-2-17(22(25)29)14-6-8-19-21(11-14)31-23(28-19)27-15-7-9-20(18(24)12-15)30-13-16-5-3-4-10-26-16/h2-12H,13H2,1H3,(H2,25,29)(H,27,28). The Hall–Kier alpha value is -3.78. The number of nitrogens with one attached hydrogen (secondary N) is 1. The van der Waals surface area contributed by atoms with Crippen molar-refractivity contribution in [3.05, 3.63) is 83.9 Å². The molecule has 4 rings (SSSR count). The first kappa shape index (κ1) is 20.5. The molecule has 0 atom stereocenters. The fourth-order valence-corrected chi connectivity index (χ4v) is 3.98. The minimum absolute atomic E-state index is 0.149. The van der Waals surface area contributed by atoms with Crippen molar-refractivity contribution in [2.24, 2.45) is 5.73 Å². The maximum absolute atomic E-state index is 14.5. The van der Waals surface area contributed by atoms with Crippen LogP contribution in [0.4, 0.5) is 15.2 Å². The van der Waals surface area contributed by atoms with Crippen molar-refractivity contribution < 1.29 is 13.9 Å². The summed E-state index contributed by atoms with van der Waals surface area (Å²) in [6.45, 7) is 1.95. The van der Waals surface area contributed by atoms with Gasteiger partial charge in [0, 0.05) is 23.5 Å². The summed E-state index contributed by atoms with van der Waals surface area (Å²) in [5.41, 5.74) is 8.65. The Morgan fingerprint density at radius 1 is 1.23 bits per heavy atom. The zero-order valence-corrected chi connectivity index (χ0v) is 17.4. The van der Waals surface area contributed by atoms with Gasteiger partial charge < -0.3 is 15.8 Å². The number of thiazole rings is 1. The molecule has 0 unspecified atom stereocenters. The number of primary amides is 1. The van der Waals surface area contributed by atoms with Gasteiger partial charge in [-0.3, -0.25) is 9.78 Å². The lowest BCUT2D eigenvalue weighted by molar-refractivity contribution is -0.112. The van der Waals surface area contributed by atoms with Crippen LogP contribution in [0.15, 0.2) is 66.9 Å². The lowest BCUT2D eigenvalue weighted by atomic mass is 10.1. The molecule has 0 aliphatic rings. The van der Waals surface area contributed by atoms with Gasteiger partial charge in [-0.2, -0.15) is 0 Å². The molecule has 1 amide bonds. The molecule has 0 saturated heterocycles. The van der Waals surface area contributed by atoms with Crippen LogP contribution in [0.1, 0.15) is 18.2 Å². The number of carbonyl (C=O) groups excluding carboxylic acids is 1. The number of carbonyl (C=O) groups is 1. The molecule has 8 heteroatoms. The number of fused-ring (bicyclic) bond motifs is 1. The second kappa shape index (κ2) is 8.93. The molecule has 0 saturated carbocycles. The highest BCUT2D eigenvalue weighted by Gasteiger charge is 2.11. The Morgan fingerprint density at radius 2 is 2.10 bits per heavy atom. The van der Waals surface area contributed by atoms with Crippen LogP contribution in [-0.2, 0) is 11.4 Å². The number of nitrogens with zero attached hydrogens (tertiary/aromatic N) is 2. The van der Waals surface area contributed by atoms with E-state index in [4.69, 9.17) is 10.5 Å². The van der Waals surface area contributed by atoms with E-state index in [1.807, 2.05) is 30.3 Å². The zero-order chi connectivity index (χ0) is 21.8. The summed E-state index contributed by atoms with van der Waals surface area (Å²) in [6, 6.07) is 15.6. The summed E-state index contributed by atoms with van der Waals surface area (Å²) in [5.74, 6) is -0.815. The number of anilines is 2. The fraction of sp³-hybridized carbons (Fsp3) is 0.0870. The minimum Gasteiger partial charge on any atom is -0.484 e. The highest BCUT2D eigenvalue weighted by Crippen LogP contribution is 2.32. The van der Waals surface area contributed by atoms with E-state index in [1.54, 1.807) is 37.4 Å². The van der Waals surface area contributed by atoms with Crippen LogP contribution in [0.5, 0.6) is 5.75 Å². The Balaban J connectivity index is 1.49. The van der Waals surface area contributed by atoms with Gasteiger partial charge in [0.2, 0.25) is 5.91 Å². The predicted molar refractivity (Wildman–Crippen MR) is 121 cm³/mol. The van der Waals surface area contributed by atoms with Crippen LogP contribution in [0.3, 0.4) is 0 Å². The topological polar surface area (TPSA) is 90.1 Å². The van der Waals surface area contributed by atoms with Gasteiger partial charge in [-0.25, -0.2) is 9.37 Å². The van der Waals surface area contributed by atoms with Crippen molar-refractivity contribution in [2.75, 3.05) is 5.32 Å². The van der Waals surface area contributed by atoms with E-state index in [2.05, 4.69) is 15.3 Å². The molecule has 0 fully saturated rings. The number of allylic oxidation sites excluding steroid dienone is 1. The Labute approximate surface area is 182 Å². The van der Waals surface area contributed by atoms with Gasteiger partial charge in [0.25, 0.3) is 0 Å². The molecule has 0 aliphatic carbocycles. The largest absolute Gasteiger partial charge is 0.484 e. The van der Waals surface area contributed by atoms with E-state index in [-0.39, 0.29) is 12.4 Å². The fourth-order valence-electron chi connectivity index (χ4n) is 3.05. The summed E-state index contributed by atoms with van der Waals surface area (Å²) in [5, 5.41) is 3.72. The second-order valence-corrected chi connectivity index (χ2v) is 7.68. The number of benzene rings is 2. The van der Waals surface area contributed by atoms with Crippen molar-refractivity contribution in [1.29, 1.82) is 0 Å². The number of rotatable bonds is 7. The van der Waals surface area contributed by atoms with Crippen LogP contribution in [0, 0.1) is 5.82 Å². The van der Waals surface area contributed by atoms with Crippen molar-refractivity contribution in [2.45, 2.75) is 13.5 Å². The van der Waals surface area contributed by atoms with Gasteiger partial charge in [0.15, 0.2) is 16.7 Å². The quantitative estimate of drug-likeness (QED) is 0.398. The first-order valence-corrected chi connectivity index (χ1v) is 10.3. The zero-order valence-electron chi connectivity index (χ0n) is 16.6. The highest BCUT2D eigenvalue weighted by molar-refractivity contribution is 7.22. The summed E-state index contributed by atoms with van der Waals surface area (Å²) in [6.07, 6.45) is 3.35. The molecule has 6 nitrogen and oxygen atoms in total. The Bertz CT molecular complexity index is 1270. The number of ether oxygens (including phenoxy) is 1. The minimum atomic E-state index is -0.483. The smallest absolute Gasteiger partial charge is 0.248 e.